The number of fused-ring (bicyclic) bond motifs is 4. The van der Waals surface area contributed by atoms with E-state index < -0.39 is 75.2 Å². The number of sulfonamides is 1. The first-order valence-corrected chi connectivity index (χ1v) is 19.8. The number of anilines is 1. The first-order chi connectivity index (χ1) is 26.9. The number of nitrogens with zero attached hydrogens (tertiary/aromatic N) is 5. The van der Waals surface area contributed by atoms with E-state index in [-0.39, 0.29) is 45.9 Å². The van der Waals surface area contributed by atoms with Gasteiger partial charge in [0, 0.05) is 52.9 Å². The van der Waals surface area contributed by atoms with Crippen LogP contribution in [0.5, 0.6) is 0 Å². The Labute approximate surface area is 326 Å². The summed E-state index contributed by atoms with van der Waals surface area (Å²) in [6.07, 6.45) is -0.962. The van der Waals surface area contributed by atoms with E-state index in [1.807, 2.05) is 30.3 Å². The number of hydrogen-bond donors (Lipinski definition) is 2. The van der Waals surface area contributed by atoms with E-state index >= 15 is 8.78 Å². The fourth-order valence-corrected chi connectivity index (χ4v) is 8.88. The van der Waals surface area contributed by atoms with Crippen LogP contribution in [0, 0.1) is 17.6 Å². The molecule has 0 unspecified atom stereocenters. The van der Waals surface area contributed by atoms with Crippen molar-refractivity contribution in [3.05, 3.63) is 118 Å². The van der Waals surface area contributed by atoms with Crippen molar-refractivity contribution < 1.29 is 39.6 Å². The van der Waals surface area contributed by atoms with Crippen LogP contribution in [0.4, 0.5) is 32.2 Å². The zero-order valence-electron chi connectivity index (χ0n) is 30.3. The summed E-state index contributed by atoms with van der Waals surface area (Å²) in [5, 5.41) is 11.3. The van der Waals surface area contributed by atoms with Gasteiger partial charge < -0.3 is 5.32 Å². The molecule has 2 aliphatic carbocycles. The molecule has 18 heteroatoms. The Balaban J connectivity index is 1.28. The number of benzene rings is 3. The second-order valence-electron chi connectivity index (χ2n) is 14.7. The van der Waals surface area contributed by atoms with E-state index in [0.717, 1.165) is 24.0 Å². The van der Waals surface area contributed by atoms with Gasteiger partial charge in [0.05, 0.1) is 33.9 Å². The smallest absolute Gasteiger partial charge is 0.293 e. The van der Waals surface area contributed by atoms with Crippen LogP contribution in [0.25, 0.3) is 33.2 Å². The van der Waals surface area contributed by atoms with Gasteiger partial charge in [-0.05, 0) is 48.2 Å². The minimum Gasteiger partial charge on any atom is -0.346 e. The van der Waals surface area contributed by atoms with Crippen molar-refractivity contribution in [3.8, 4) is 22.3 Å². The maximum absolute atomic E-state index is 15.6. The van der Waals surface area contributed by atoms with E-state index in [1.54, 1.807) is 19.2 Å². The number of carbonyl (C=O) groups is 1. The monoisotopic (exact) mass is 827 g/mol. The van der Waals surface area contributed by atoms with Crippen LogP contribution in [0.3, 0.4) is 0 Å². The molecule has 1 saturated carbocycles. The van der Waals surface area contributed by atoms with Crippen LogP contribution >= 0.6 is 11.6 Å². The first-order valence-electron chi connectivity index (χ1n) is 17.6. The molecule has 2 aliphatic rings. The Morgan fingerprint density at radius 3 is 2.35 bits per heavy atom. The minimum absolute atomic E-state index is 0.00471. The van der Waals surface area contributed by atoms with Crippen molar-refractivity contribution in [3.63, 3.8) is 0 Å². The van der Waals surface area contributed by atoms with Crippen molar-refractivity contribution in [2.24, 2.45) is 13.0 Å². The van der Waals surface area contributed by atoms with Crippen LogP contribution in [0.1, 0.15) is 54.0 Å². The zero-order chi connectivity index (χ0) is 40.8. The third-order valence-electron chi connectivity index (χ3n) is 10.6. The molecule has 1 fully saturated rings. The lowest BCUT2D eigenvalue weighted by Crippen LogP contribution is -2.35. The third-order valence-corrected chi connectivity index (χ3v) is 11.5. The van der Waals surface area contributed by atoms with Crippen molar-refractivity contribution in [2.45, 2.75) is 50.1 Å². The van der Waals surface area contributed by atoms with E-state index in [1.165, 1.54) is 23.9 Å². The number of pyridine rings is 1. The molecule has 2 N–H and O–H groups in total. The lowest BCUT2D eigenvalue weighted by molar-refractivity contribution is -0.123. The molecule has 57 heavy (non-hydrogen) atoms. The number of rotatable bonds is 11. The fourth-order valence-electron chi connectivity index (χ4n) is 8.14. The van der Waals surface area contributed by atoms with Gasteiger partial charge in [-0.25, -0.2) is 26.0 Å². The number of alkyl halides is 4. The standard InChI is InChI=1S/C39H32ClF6N7O3S/c1-38-16-28(38)39(45,46)35-31(38)33(36(43)44)49-53(35)18-29(54)48-27(13-19-11-22(41)15-23(42)12-19)32-25(14-21(17-47-32)20-7-5-4-6-8-20)24-9-10-26(40)30-34(24)52(2)50-37(30)51-57(3,55)56/h4-12,14-15,17,27-28,36H,13,16,18H2,1-3H3,(H,48,54)(H,50,51)/t27-,28+,38-/m0/s1. The maximum Gasteiger partial charge on any atom is 0.293 e. The number of amides is 1. The molecule has 0 saturated heterocycles. The highest BCUT2D eigenvalue weighted by Gasteiger charge is 2.74. The topological polar surface area (TPSA) is 124 Å². The second-order valence-corrected chi connectivity index (χ2v) is 16.8. The Morgan fingerprint density at radius 1 is 0.982 bits per heavy atom. The molecular formula is C39H32ClF6N7O3S. The average molecular weight is 828 g/mol. The van der Waals surface area contributed by atoms with Gasteiger partial charge in [0.1, 0.15) is 29.6 Å². The molecule has 8 rings (SSSR count). The SMILES string of the molecule is Cn1nc(NS(C)(=O)=O)c2c(Cl)ccc(-c3cc(-c4ccccc4)cnc3[C@H](Cc3cc(F)cc(F)c3)NC(=O)Cn3nc(C(F)F)c4c3C(F)(F)[C@@H]3C[C@]43C)c21. The molecule has 3 atom stereocenters. The predicted octanol–water partition coefficient (Wildman–Crippen LogP) is 8.22. The van der Waals surface area contributed by atoms with Gasteiger partial charge in [0.25, 0.3) is 12.3 Å². The number of hydrogen-bond acceptors (Lipinski definition) is 6. The van der Waals surface area contributed by atoms with Crippen LogP contribution in [-0.2, 0) is 46.2 Å². The summed E-state index contributed by atoms with van der Waals surface area (Å²) < 4.78 is 118. The van der Waals surface area contributed by atoms with Crippen LogP contribution in [-0.4, -0.2) is 45.1 Å². The zero-order valence-corrected chi connectivity index (χ0v) is 31.9. The molecule has 1 amide bonds. The van der Waals surface area contributed by atoms with E-state index in [0.29, 0.717) is 33.0 Å². The molecule has 3 aromatic heterocycles. The molecule has 0 bridgehead atoms. The molecule has 0 radical (unpaired) electrons. The highest BCUT2D eigenvalue weighted by molar-refractivity contribution is 7.92. The summed E-state index contributed by atoms with van der Waals surface area (Å²) in [5.74, 6) is -7.50. The molecule has 296 valence electrons. The number of aromatic nitrogens is 5. The molecule has 10 nitrogen and oxygen atoms in total. The Hall–Kier alpha value is -5.42. The minimum atomic E-state index is -3.81. The third kappa shape index (κ3) is 6.79. The number of halogens is 7. The fraction of sp³-hybridized carbons (Fsp3) is 0.282. The van der Waals surface area contributed by atoms with Crippen molar-refractivity contribution in [1.29, 1.82) is 0 Å². The van der Waals surface area contributed by atoms with Gasteiger partial charge in [-0.1, -0.05) is 54.9 Å². The second kappa shape index (κ2) is 13.6. The quantitative estimate of drug-likeness (QED) is 0.127. The maximum atomic E-state index is 15.6. The van der Waals surface area contributed by atoms with Crippen molar-refractivity contribution in [2.75, 3.05) is 11.0 Å². The average Bonchev–Trinajstić information content (AvgIpc) is 3.43. The summed E-state index contributed by atoms with van der Waals surface area (Å²) in [6.45, 7) is 0.596. The van der Waals surface area contributed by atoms with Crippen molar-refractivity contribution in [1.82, 2.24) is 29.9 Å². The highest BCUT2D eigenvalue weighted by Crippen LogP contribution is 2.71. The van der Waals surface area contributed by atoms with Crippen molar-refractivity contribution >= 4 is 44.3 Å². The van der Waals surface area contributed by atoms with Gasteiger partial charge in [-0.2, -0.15) is 19.0 Å². The first kappa shape index (κ1) is 38.5. The molecule has 3 aromatic carbocycles. The summed E-state index contributed by atoms with van der Waals surface area (Å²) >= 11 is 6.64. The van der Waals surface area contributed by atoms with Crippen LogP contribution in [0.15, 0.2) is 72.9 Å². The summed E-state index contributed by atoms with van der Waals surface area (Å²) in [4.78, 5) is 18.8. The summed E-state index contributed by atoms with van der Waals surface area (Å²) in [5.41, 5.74) is -0.277. The van der Waals surface area contributed by atoms with Gasteiger partial charge >= 0.3 is 0 Å². The molecule has 0 aliphatic heterocycles. The summed E-state index contributed by atoms with van der Waals surface area (Å²) in [6, 6.07) is 15.6. The van der Waals surface area contributed by atoms with Gasteiger partial charge in [0.2, 0.25) is 15.9 Å². The van der Waals surface area contributed by atoms with Gasteiger partial charge in [0.15, 0.2) is 5.82 Å². The Bertz CT molecular complexity index is 2710. The Kier molecular flexibility index (Phi) is 9.18. The normalized spacial score (nSPS) is 18.8. The number of aryl methyl sites for hydroxylation is 1. The van der Waals surface area contributed by atoms with Gasteiger partial charge in [-0.15, -0.1) is 0 Å². The highest BCUT2D eigenvalue weighted by atomic mass is 35.5. The number of carbonyl (C=O) groups excluding carboxylic acids is 1. The molecule has 6 aromatic rings. The van der Waals surface area contributed by atoms with E-state index in [4.69, 9.17) is 16.6 Å². The largest absolute Gasteiger partial charge is 0.346 e. The van der Waals surface area contributed by atoms with Gasteiger partial charge in [-0.3, -0.25) is 23.9 Å². The van der Waals surface area contributed by atoms with Crippen LogP contribution in [0.2, 0.25) is 5.02 Å². The van der Waals surface area contributed by atoms with Crippen LogP contribution < -0.4 is 10.0 Å². The summed E-state index contributed by atoms with van der Waals surface area (Å²) in [7, 11) is -2.25. The lowest BCUT2D eigenvalue weighted by Gasteiger charge is -2.23. The molecular weight excluding hydrogens is 796 g/mol. The number of nitrogens with one attached hydrogen (secondary N) is 2. The lowest BCUT2D eigenvalue weighted by atomic mass is 9.92. The molecule has 0 spiro atoms. The Morgan fingerprint density at radius 2 is 1.68 bits per heavy atom. The van der Waals surface area contributed by atoms with E-state index in [9.17, 15) is 30.8 Å². The molecule has 3 heterocycles. The van der Waals surface area contributed by atoms with E-state index in [2.05, 4.69) is 20.2 Å². The predicted molar refractivity (Wildman–Crippen MR) is 200 cm³/mol.